The number of fused-ring (bicyclic) bond motifs is 2. The Morgan fingerprint density at radius 1 is 0.725 bits per heavy atom. The van der Waals surface area contributed by atoms with Crippen molar-refractivity contribution in [3.63, 3.8) is 0 Å². The van der Waals surface area contributed by atoms with Crippen LogP contribution in [0.25, 0.3) is 6.08 Å². The number of allylic oxidation sites excluding steroid dienone is 2. The van der Waals surface area contributed by atoms with Crippen molar-refractivity contribution in [3.05, 3.63) is 104 Å². The van der Waals surface area contributed by atoms with E-state index < -0.39 is 17.6 Å². The van der Waals surface area contributed by atoms with Gasteiger partial charge in [-0.15, -0.1) is 0 Å². The van der Waals surface area contributed by atoms with E-state index in [1.54, 1.807) is 24.3 Å². The Labute approximate surface area is 265 Å². The number of halogens is 8. The van der Waals surface area contributed by atoms with Crippen LogP contribution in [0, 0.1) is 0 Å². The molecule has 0 aliphatic carbocycles. The number of hydrogen-bond donors (Lipinski definition) is 1. The Bertz CT molecular complexity index is 1750. The molecule has 0 saturated heterocycles. The third-order valence-electron chi connectivity index (χ3n) is 6.08. The van der Waals surface area contributed by atoms with E-state index in [4.69, 9.17) is 92.8 Å². The molecule has 0 fully saturated rings. The maximum atomic E-state index is 13.4. The van der Waals surface area contributed by atoms with Crippen molar-refractivity contribution < 1.29 is 19.2 Å². The van der Waals surface area contributed by atoms with E-state index in [-0.39, 0.29) is 73.8 Å². The number of imide groups is 1. The van der Waals surface area contributed by atoms with Gasteiger partial charge in [0.25, 0.3) is 11.8 Å². The molecule has 2 heterocycles. The van der Waals surface area contributed by atoms with E-state index in [9.17, 15) is 19.2 Å². The van der Waals surface area contributed by atoms with Crippen LogP contribution in [0.1, 0.15) is 47.0 Å². The van der Waals surface area contributed by atoms with Crippen LogP contribution in [0.3, 0.4) is 0 Å². The van der Waals surface area contributed by atoms with Crippen LogP contribution in [-0.2, 0) is 0 Å². The fourth-order valence-corrected chi connectivity index (χ4v) is 6.27. The van der Waals surface area contributed by atoms with Crippen molar-refractivity contribution in [1.82, 2.24) is 0 Å². The first-order valence-electron chi connectivity index (χ1n) is 10.8. The topological polar surface area (TPSA) is 83.6 Å². The Kier molecular flexibility index (Phi) is 7.94. The van der Waals surface area contributed by atoms with Gasteiger partial charge in [-0.25, -0.2) is 4.90 Å². The van der Waals surface area contributed by atoms with Gasteiger partial charge in [0.1, 0.15) is 0 Å². The first-order chi connectivity index (χ1) is 18.9. The van der Waals surface area contributed by atoms with E-state index in [2.05, 4.69) is 5.32 Å². The second-order valence-corrected chi connectivity index (χ2v) is 11.3. The van der Waals surface area contributed by atoms with Crippen molar-refractivity contribution >= 4 is 134 Å². The zero-order valence-electron chi connectivity index (χ0n) is 19.1. The third-order valence-corrected chi connectivity index (χ3v) is 9.70. The maximum Gasteiger partial charge on any atom is 0.267 e. The van der Waals surface area contributed by atoms with Gasteiger partial charge in [0, 0.05) is 22.9 Å². The van der Waals surface area contributed by atoms with Gasteiger partial charge in [-0.2, -0.15) is 0 Å². The van der Waals surface area contributed by atoms with Crippen LogP contribution in [0.15, 0.2) is 36.0 Å². The summed E-state index contributed by atoms with van der Waals surface area (Å²) in [7, 11) is 0. The Morgan fingerprint density at radius 3 is 1.85 bits per heavy atom. The number of nitrogens with one attached hydrogen (secondary N) is 1. The first-order valence-corrected chi connectivity index (χ1v) is 13.8. The average Bonchev–Trinajstić information content (AvgIpc) is 3.20. The average molecular weight is 696 g/mol. The molecule has 5 rings (SSSR count). The van der Waals surface area contributed by atoms with E-state index in [0.29, 0.717) is 17.5 Å². The molecule has 0 bridgehead atoms. The number of rotatable bonds is 4. The predicted octanol–water partition coefficient (Wildman–Crippen LogP) is 9.73. The summed E-state index contributed by atoms with van der Waals surface area (Å²) in [4.78, 5) is 52.7. The number of aldehydes is 1. The minimum Gasteiger partial charge on any atom is -0.353 e. The quantitative estimate of drug-likeness (QED) is 0.0734. The number of nitrogens with zero attached hydrogens (tertiary/aromatic N) is 1. The SMILES string of the molecule is O=Cc1c(Cl)c(Cl)c(Cl)c(Cl)c1C(=O)/C=C1/C=Cc2cccc(N3C(=O)c4c(Cl)c(Cl)c(Cl)c(Cl)c4C3=O)c2N1. The van der Waals surface area contributed by atoms with Gasteiger partial charge in [0.15, 0.2) is 12.1 Å². The highest BCUT2D eigenvalue weighted by molar-refractivity contribution is 6.57. The number of hydrogen-bond acceptors (Lipinski definition) is 5. The van der Waals surface area contributed by atoms with Gasteiger partial charge in [0.2, 0.25) is 0 Å². The number of amides is 2. The van der Waals surface area contributed by atoms with Gasteiger partial charge in [-0.3, -0.25) is 19.2 Å². The minimum absolute atomic E-state index is 0.134. The molecular formula is C26H8Cl8N2O4. The molecule has 6 nitrogen and oxygen atoms in total. The highest BCUT2D eigenvalue weighted by Gasteiger charge is 2.43. The normalized spacial score (nSPS) is 14.9. The van der Waals surface area contributed by atoms with Crippen LogP contribution in [0.5, 0.6) is 0 Å². The van der Waals surface area contributed by atoms with Crippen LogP contribution < -0.4 is 10.2 Å². The standard InChI is InChI=1S/C26H8Cl8N2O4/c27-16-10(7-37)13(17(28)21(32)20(16)31)12(38)6-9-5-4-8-2-1-3-11(24(8)35-9)36-25(39)14-15(26(36)40)19(30)23(34)22(33)18(14)29/h1-7,35H/b9-6-. The molecule has 2 aliphatic heterocycles. The first kappa shape index (κ1) is 29.2. The fourth-order valence-electron chi connectivity index (χ4n) is 4.25. The van der Waals surface area contributed by atoms with E-state index in [1.165, 1.54) is 6.07 Å². The monoisotopic (exact) mass is 692 g/mol. The zero-order valence-corrected chi connectivity index (χ0v) is 25.2. The summed E-state index contributed by atoms with van der Waals surface area (Å²) in [5.74, 6) is -2.27. The molecule has 3 aromatic carbocycles. The lowest BCUT2D eigenvalue weighted by molar-refractivity contribution is 0.0925. The maximum absolute atomic E-state index is 13.4. The molecule has 0 spiro atoms. The highest BCUT2D eigenvalue weighted by atomic mass is 35.5. The lowest BCUT2D eigenvalue weighted by atomic mass is 10.0. The van der Waals surface area contributed by atoms with Crippen molar-refractivity contribution in [2.45, 2.75) is 0 Å². The largest absolute Gasteiger partial charge is 0.353 e. The molecule has 0 aromatic heterocycles. The molecule has 202 valence electrons. The van der Waals surface area contributed by atoms with Gasteiger partial charge < -0.3 is 5.32 Å². The summed E-state index contributed by atoms with van der Waals surface area (Å²) in [6, 6.07) is 4.85. The van der Waals surface area contributed by atoms with E-state index >= 15 is 0 Å². The summed E-state index contributed by atoms with van der Waals surface area (Å²) in [6.45, 7) is 0. The lowest BCUT2D eigenvalue weighted by Gasteiger charge is -2.23. The summed E-state index contributed by atoms with van der Waals surface area (Å²) in [5.41, 5.74) is 0.376. The minimum atomic E-state index is -0.773. The second kappa shape index (κ2) is 10.9. The van der Waals surface area contributed by atoms with Gasteiger partial charge >= 0.3 is 0 Å². The van der Waals surface area contributed by atoms with Crippen molar-refractivity contribution in [1.29, 1.82) is 0 Å². The van der Waals surface area contributed by atoms with Crippen LogP contribution >= 0.6 is 92.8 Å². The molecule has 40 heavy (non-hydrogen) atoms. The molecule has 0 saturated carbocycles. The Balaban J connectivity index is 1.58. The van der Waals surface area contributed by atoms with Crippen molar-refractivity contribution in [3.8, 4) is 0 Å². The molecule has 2 aliphatic rings. The molecule has 14 heteroatoms. The van der Waals surface area contributed by atoms with Crippen molar-refractivity contribution in [2.24, 2.45) is 0 Å². The molecule has 2 amide bonds. The van der Waals surface area contributed by atoms with Crippen molar-refractivity contribution in [2.75, 3.05) is 10.2 Å². The third kappa shape index (κ3) is 4.42. The number of para-hydroxylation sites is 1. The van der Waals surface area contributed by atoms with Gasteiger partial charge in [-0.1, -0.05) is 111 Å². The smallest absolute Gasteiger partial charge is 0.267 e. The summed E-state index contributed by atoms with van der Waals surface area (Å²) < 4.78 is 0. The van der Waals surface area contributed by atoms with Gasteiger partial charge in [-0.05, 0) is 12.1 Å². The molecule has 0 radical (unpaired) electrons. The summed E-state index contributed by atoms with van der Waals surface area (Å²) >= 11 is 49.3. The number of carbonyl (C=O) groups is 4. The molecule has 0 unspecified atom stereocenters. The predicted molar refractivity (Wildman–Crippen MR) is 161 cm³/mol. The molecule has 1 N–H and O–H groups in total. The number of carbonyl (C=O) groups excluding carboxylic acids is 4. The number of ketones is 1. The molecule has 3 aromatic rings. The zero-order chi connectivity index (χ0) is 29.2. The number of anilines is 2. The highest BCUT2D eigenvalue weighted by Crippen LogP contribution is 2.47. The summed E-state index contributed by atoms with van der Waals surface area (Å²) in [5, 5.41) is 1.45. The van der Waals surface area contributed by atoms with E-state index in [0.717, 1.165) is 11.0 Å². The Morgan fingerprint density at radius 2 is 1.27 bits per heavy atom. The molecule has 0 atom stereocenters. The summed E-state index contributed by atoms with van der Waals surface area (Å²) in [6.07, 6.45) is 4.69. The van der Waals surface area contributed by atoms with Crippen LogP contribution in [-0.4, -0.2) is 23.9 Å². The fraction of sp³-hybridized carbons (Fsp3) is 0. The van der Waals surface area contributed by atoms with Crippen LogP contribution in [0.2, 0.25) is 40.2 Å². The van der Waals surface area contributed by atoms with Crippen LogP contribution in [0.4, 0.5) is 11.4 Å². The lowest BCUT2D eigenvalue weighted by Crippen LogP contribution is -2.30. The number of benzene rings is 3. The second-order valence-electron chi connectivity index (χ2n) is 8.28. The molecular weight excluding hydrogens is 688 g/mol. The van der Waals surface area contributed by atoms with E-state index in [1.807, 2.05) is 0 Å². The Hall–Kier alpha value is -2.26. The van der Waals surface area contributed by atoms with Gasteiger partial charge in [0.05, 0.1) is 68.2 Å².